The lowest BCUT2D eigenvalue weighted by Crippen LogP contribution is -2.34. The SMILES string of the molecule is CC(C=CC=C(C)c1cc2c(cc1OCc1ccccc1)C(C)(C)CCC2(C)C)=CC(=O)O. The molecule has 1 aliphatic rings. The summed E-state index contributed by atoms with van der Waals surface area (Å²) >= 11 is 0. The highest BCUT2D eigenvalue weighted by Crippen LogP contribution is 2.48. The van der Waals surface area contributed by atoms with Gasteiger partial charge in [-0.15, -0.1) is 0 Å². The third-order valence-electron chi connectivity index (χ3n) is 6.67. The molecule has 2 aromatic carbocycles. The molecule has 0 fully saturated rings. The molecule has 0 aliphatic heterocycles. The van der Waals surface area contributed by atoms with Crippen molar-refractivity contribution >= 4 is 11.5 Å². The lowest BCUT2D eigenvalue weighted by Gasteiger charge is -2.42. The molecular weight excluding hydrogens is 408 g/mol. The fourth-order valence-electron chi connectivity index (χ4n) is 4.43. The average Bonchev–Trinajstić information content (AvgIpc) is 2.75. The monoisotopic (exact) mass is 444 g/mol. The first-order valence-corrected chi connectivity index (χ1v) is 11.6. The maximum absolute atomic E-state index is 10.9. The number of hydrogen-bond donors (Lipinski definition) is 1. The Morgan fingerprint density at radius 1 is 1.00 bits per heavy atom. The molecule has 0 unspecified atom stereocenters. The number of rotatable bonds is 7. The first-order valence-electron chi connectivity index (χ1n) is 11.6. The molecule has 0 saturated carbocycles. The van der Waals surface area contributed by atoms with Gasteiger partial charge in [0.2, 0.25) is 0 Å². The number of hydrogen-bond acceptors (Lipinski definition) is 2. The van der Waals surface area contributed by atoms with Gasteiger partial charge in [-0.25, -0.2) is 4.79 Å². The van der Waals surface area contributed by atoms with Gasteiger partial charge in [0.15, 0.2) is 0 Å². The molecule has 0 saturated heterocycles. The highest BCUT2D eigenvalue weighted by atomic mass is 16.5. The van der Waals surface area contributed by atoms with E-state index in [0.29, 0.717) is 12.2 Å². The summed E-state index contributed by atoms with van der Waals surface area (Å²) in [5.41, 5.74) is 6.96. The second-order valence-electron chi connectivity index (χ2n) is 10.4. The Bertz CT molecular complexity index is 1100. The average molecular weight is 445 g/mol. The van der Waals surface area contributed by atoms with Crippen molar-refractivity contribution in [3.63, 3.8) is 0 Å². The number of aliphatic carboxylic acids is 1. The predicted molar refractivity (Wildman–Crippen MR) is 137 cm³/mol. The molecule has 33 heavy (non-hydrogen) atoms. The molecule has 3 rings (SSSR count). The Kier molecular flexibility index (Phi) is 7.31. The van der Waals surface area contributed by atoms with Crippen LogP contribution in [0.3, 0.4) is 0 Å². The molecule has 174 valence electrons. The number of fused-ring (bicyclic) bond motifs is 1. The van der Waals surface area contributed by atoms with Crippen molar-refractivity contribution in [1.29, 1.82) is 0 Å². The molecule has 0 atom stereocenters. The van der Waals surface area contributed by atoms with Crippen molar-refractivity contribution in [2.75, 3.05) is 0 Å². The zero-order valence-electron chi connectivity index (χ0n) is 20.7. The van der Waals surface area contributed by atoms with Crippen LogP contribution in [0.1, 0.15) is 76.6 Å². The smallest absolute Gasteiger partial charge is 0.328 e. The Morgan fingerprint density at radius 3 is 2.21 bits per heavy atom. The fourth-order valence-corrected chi connectivity index (χ4v) is 4.43. The van der Waals surface area contributed by atoms with Gasteiger partial charge >= 0.3 is 5.97 Å². The van der Waals surface area contributed by atoms with Crippen LogP contribution in [0.2, 0.25) is 0 Å². The van der Waals surface area contributed by atoms with E-state index in [9.17, 15) is 4.79 Å². The molecule has 1 aliphatic carbocycles. The van der Waals surface area contributed by atoms with Crippen LogP contribution in [-0.2, 0) is 22.2 Å². The van der Waals surface area contributed by atoms with Crippen LogP contribution < -0.4 is 4.74 Å². The van der Waals surface area contributed by atoms with E-state index in [-0.39, 0.29) is 10.8 Å². The largest absolute Gasteiger partial charge is 0.488 e. The van der Waals surface area contributed by atoms with Gasteiger partial charge in [0.05, 0.1) is 0 Å². The standard InChI is InChI=1S/C30H36O3/c1-21(17-28(31)32)11-10-12-22(2)24-18-25-26(30(5,6)16-15-29(25,3)4)19-27(24)33-20-23-13-8-7-9-14-23/h7-14,17-19H,15-16,20H2,1-6H3,(H,31,32). The topological polar surface area (TPSA) is 46.5 Å². The second kappa shape index (κ2) is 9.82. The number of allylic oxidation sites excluding steroid dienone is 5. The molecular formula is C30H36O3. The molecule has 3 heteroatoms. The summed E-state index contributed by atoms with van der Waals surface area (Å²) in [6.07, 6.45) is 9.25. The number of benzene rings is 2. The molecule has 0 heterocycles. The van der Waals surface area contributed by atoms with E-state index in [4.69, 9.17) is 9.84 Å². The van der Waals surface area contributed by atoms with Crippen LogP contribution >= 0.6 is 0 Å². The van der Waals surface area contributed by atoms with Crippen LogP contribution in [0.4, 0.5) is 0 Å². The number of carboxylic acids is 1. The predicted octanol–water partition coefficient (Wildman–Crippen LogP) is 7.61. The Hall–Kier alpha value is -3.07. The third-order valence-corrected chi connectivity index (χ3v) is 6.67. The second-order valence-corrected chi connectivity index (χ2v) is 10.4. The van der Waals surface area contributed by atoms with Crippen LogP contribution in [0.25, 0.3) is 5.57 Å². The van der Waals surface area contributed by atoms with Crippen LogP contribution in [0, 0.1) is 0 Å². The summed E-state index contributed by atoms with van der Waals surface area (Å²) < 4.78 is 6.40. The van der Waals surface area contributed by atoms with Gasteiger partial charge in [0.1, 0.15) is 12.4 Å². The zero-order chi connectivity index (χ0) is 24.2. The minimum atomic E-state index is -0.936. The summed E-state index contributed by atoms with van der Waals surface area (Å²) in [6.45, 7) is 13.7. The molecule has 0 radical (unpaired) electrons. The minimum absolute atomic E-state index is 0.102. The van der Waals surface area contributed by atoms with E-state index in [1.165, 1.54) is 17.2 Å². The van der Waals surface area contributed by atoms with Gasteiger partial charge in [-0.3, -0.25) is 0 Å². The zero-order valence-corrected chi connectivity index (χ0v) is 20.7. The molecule has 0 amide bonds. The first-order chi connectivity index (χ1) is 15.5. The van der Waals surface area contributed by atoms with E-state index >= 15 is 0 Å². The number of carbonyl (C=O) groups is 1. The van der Waals surface area contributed by atoms with E-state index in [1.807, 2.05) is 36.4 Å². The minimum Gasteiger partial charge on any atom is -0.488 e. The lowest BCUT2D eigenvalue weighted by atomic mass is 9.62. The van der Waals surface area contributed by atoms with Crippen molar-refractivity contribution in [2.45, 2.75) is 71.8 Å². The van der Waals surface area contributed by atoms with Crippen LogP contribution in [0.5, 0.6) is 5.75 Å². The van der Waals surface area contributed by atoms with Gasteiger partial charge in [-0.2, -0.15) is 0 Å². The van der Waals surface area contributed by atoms with Crippen molar-refractivity contribution < 1.29 is 14.6 Å². The Labute approximate surface area is 198 Å². The van der Waals surface area contributed by atoms with Crippen molar-refractivity contribution in [3.05, 3.63) is 94.6 Å². The summed E-state index contributed by atoms with van der Waals surface area (Å²) in [7, 11) is 0. The van der Waals surface area contributed by atoms with Gasteiger partial charge in [0, 0.05) is 11.6 Å². The summed E-state index contributed by atoms with van der Waals surface area (Å²) in [4.78, 5) is 10.9. The first kappa shape index (κ1) is 24.6. The van der Waals surface area contributed by atoms with Gasteiger partial charge in [-0.1, -0.05) is 76.3 Å². The summed E-state index contributed by atoms with van der Waals surface area (Å²) in [5.74, 6) is -0.0442. The van der Waals surface area contributed by atoms with Crippen LogP contribution in [0.15, 0.2) is 72.3 Å². The van der Waals surface area contributed by atoms with Crippen molar-refractivity contribution in [2.24, 2.45) is 0 Å². The third kappa shape index (κ3) is 6.04. The van der Waals surface area contributed by atoms with Crippen molar-refractivity contribution in [1.82, 2.24) is 0 Å². The Balaban J connectivity index is 2.05. The molecule has 0 aromatic heterocycles. The number of carboxylic acid groups (broad SMARTS) is 1. The molecule has 1 N–H and O–H groups in total. The van der Waals surface area contributed by atoms with Gasteiger partial charge in [-0.05, 0) is 77.5 Å². The molecule has 2 aromatic rings. The van der Waals surface area contributed by atoms with E-state index < -0.39 is 5.97 Å². The van der Waals surface area contributed by atoms with Crippen molar-refractivity contribution in [3.8, 4) is 5.75 Å². The maximum Gasteiger partial charge on any atom is 0.328 e. The van der Waals surface area contributed by atoms with Gasteiger partial charge in [0.25, 0.3) is 0 Å². The lowest BCUT2D eigenvalue weighted by molar-refractivity contribution is -0.131. The Morgan fingerprint density at radius 2 is 1.61 bits per heavy atom. The van der Waals surface area contributed by atoms with Crippen LogP contribution in [-0.4, -0.2) is 11.1 Å². The normalized spacial score (nSPS) is 17.6. The fraction of sp³-hybridized carbons (Fsp3) is 0.367. The summed E-state index contributed by atoms with van der Waals surface area (Å²) in [6, 6.07) is 14.8. The molecule has 0 spiro atoms. The van der Waals surface area contributed by atoms with Gasteiger partial charge < -0.3 is 9.84 Å². The van der Waals surface area contributed by atoms with E-state index in [1.54, 1.807) is 6.92 Å². The van der Waals surface area contributed by atoms with E-state index in [0.717, 1.165) is 35.3 Å². The molecule has 3 nitrogen and oxygen atoms in total. The highest BCUT2D eigenvalue weighted by molar-refractivity contribution is 5.81. The number of ether oxygens (including phenoxy) is 1. The quantitative estimate of drug-likeness (QED) is 0.353. The van der Waals surface area contributed by atoms with E-state index in [2.05, 4.69) is 58.9 Å². The highest BCUT2D eigenvalue weighted by Gasteiger charge is 2.38. The summed E-state index contributed by atoms with van der Waals surface area (Å²) in [5, 5.41) is 8.92. The maximum atomic E-state index is 10.9. The molecule has 0 bridgehead atoms.